The lowest BCUT2D eigenvalue weighted by molar-refractivity contribution is 0.101. The molecule has 1 aromatic carbocycles. The number of ether oxygens (including phenoxy) is 1. The summed E-state index contributed by atoms with van der Waals surface area (Å²) >= 11 is 0. The van der Waals surface area contributed by atoms with Crippen LogP contribution in [0.5, 0.6) is 11.5 Å². The first-order valence-corrected chi connectivity index (χ1v) is 6.96. The van der Waals surface area contributed by atoms with Crippen LogP contribution in [0, 0.1) is 0 Å². The normalized spacial score (nSPS) is 13.7. The minimum absolute atomic E-state index is 0.0965. The molecule has 1 N–H and O–H groups in total. The van der Waals surface area contributed by atoms with Crippen LogP contribution in [-0.4, -0.2) is 28.9 Å². The maximum absolute atomic E-state index is 12.2. The van der Waals surface area contributed by atoms with Crippen LogP contribution in [0.2, 0.25) is 0 Å². The minimum Gasteiger partial charge on any atom is -0.507 e. The molecule has 0 amide bonds. The Morgan fingerprint density at radius 2 is 1.90 bits per heavy atom. The molecule has 1 aliphatic heterocycles. The number of phenols is 1. The number of hydrogen-bond acceptors (Lipinski definition) is 4. The van der Waals surface area contributed by atoms with E-state index in [1.54, 1.807) is 12.1 Å². The minimum atomic E-state index is -0.0965. The molecule has 0 saturated heterocycles. The molecular formula is C16H21NO3. The van der Waals surface area contributed by atoms with Crippen LogP contribution in [-0.2, 0) is 6.54 Å². The molecule has 4 heteroatoms. The summed E-state index contributed by atoms with van der Waals surface area (Å²) in [6.07, 6.45) is 0. The van der Waals surface area contributed by atoms with Crippen molar-refractivity contribution in [3.8, 4) is 11.5 Å². The zero-order chi connectivity index (χ0) is 14.9. The molecule has 0 saturated carbocycles. The van der Waals surface area contributed by atoms with Gasteiger partial charge in [0.25, 0.3) is 0 Å². The number of hydrogen-bond donors (Lipinski definition) is 1. The van der Waals surface area contributed by atoms with Crippen molar-refractivity contribution in [2.24, 2.45) is 0 Å². The molecule has 0 atom stereocenters. The van der Waals surface area contributed by atoms with E-state index in [-0.39, 0.29) is 11.5 Å². The first-order valence-electron chi connectivity index (χ1n) is 6.96. The van der Waals surface area contributed by atoms with Gasteiger partial charge in [-0.05, 0) is 44.6 Å². The number of phenolic OH excluding ortho intramolecular Hbond substituents is 1. The van der Waals surface area contributed by atoms with Crippen LogP contribution in [0.4, 0.5) is 0 Å². The van der Waals surface area contributed by atoms with Crippen molar-refractivity contribution in [1.29, 1.82) is 0 Å². The van der Waals surface area contributed by atoms with Gasteiger partial charge in [0.2, 0.25) is 5.78 Å². The standard InChI is InChI=1S/C16H21NO3/c1-5-17(6-2)9-12-13(18)8-7-11-14(19)15(10(3)4)20-16(11)12/h7-8,18H,5-6,9H2,1-4H3. The van der Waals surface area contributed by atoms with E-state index in [9.17, 15) is 9.90 Å². The van der Waals surface area contributed by atoms with Crippen LogP contribution in [0.25, 0.3) is 0 Å². The second kappa shape index (κ2) is 5.67. The molecule has 0 fully saturated rings. The van der Waals surface area contributed by atoms with Crippen molar-refractivity contribution >= 4 is 5.78 Å². The maximum atomic E-state index is 12.2. The highest BCUT2D eigenvalue weighted by Gasteiger charge is 2.32. The largest absolute Gasteiger partial charge is 0.507 e. The van der Waals surface area contributed by atoms with E-state index in [4.69, 9.17) is 4.74 Å². The third-order valence-corrected chi connectivity index (χ3v) is 3.62. The van der Waals surface area contributed by atoms with Gasteiger partial charge in [0.1, 0.15) is 11.5 Å². The van der Waals surface area contributed by atoms with Crippen molar-refractivity contribution in [2.45, 2.75) is 34.2 Å². The summed E-state index contributed by atoms with van der Waals surface area (Å²) in [5, 5.41) is 10.1. The molecule has 108 valence electrons. The topological polar surface area (TPSA) is 49.8 Å². The fraction of sp³-hybridized carbons (Fsp3) is 0.438. The van der Waals surface area contributed by atoms with Crippen molar-refractivity contribution < 1.29 is 14.6 Å². The summed E-state index contributed by atoms with van der Waals surface area (Å²) in [5.41, 5.74) is 2.08. The highest BCUT2D eigenvalue weighted by atomic mass is 16.5. The Morgan fingerprint density at radius 1 is 1.25 bits per heavy atom. The predicted molar refractivity (Wildman–Crippen MR) is 78.1 cm³/mol. The molecule has 4 nitrogen and oxygen atoms in total. The summed E-state index contributed by atoms with van der Waals surface area (Å²) in [6, 6.07) is 3.21. The number of rotatable bonds is 4. The Kier molecular flexibility index (Phi) is 4.14. The summed E-state index contributed by atoms with van der Waals surface area (Å²) in [4.78, 5) is 14.4. The number of fused-ring (bicyclic) bond motifs is 1. The SMILES string of the molecule is CCN(CC)Cc1c(O)ccc2c1OC(=C(C)C)C2=O. The molecule has 0 aromatic heterocycles. The molecule has 0 unspecified atom stereocenters. The average molecular weight is 275 g/mol. The molecule has 1 aromatic rings. The number of benzene rings is 1. The smallest absolute Gasteiger partial charge is 0.231 e. The second-order valence-corrected chi connectivity index (χ2v) is 5.16. The third kappa shape index (κ3) is 2.43. The van der Waals surface area contributed by atoms with Crippen molar-refractivity contribution in [3.05, 3.63) is 34.6 Å². The van der Waals surface area contributed by atoms with Gasteiger partial charge in [-0.25, -0.2) is 0 Å². The van der Waals surface area contributed by atoms with Gasteiger partial charge in [0, 0.05) is 6.54 Å². The van der Waals surface area contributed by atoms with Gasteiger partial charge >= 0.3 is 0 Å². The molecule has 1 heterocycles. The van der Waals surface area contributed by atoms with Crippen LogP contribution in [0.3, 0.4) is 0 Å². The number of aromatic hydroxyl groups is 1. The van der Waals surface area contributed by atoms with Gasteiger partial charge in [0.05, 0.1) is 11.1 Å². The molecule has 1 aliphatic rings. The van der Waals surface area contributed by atoms with E-state index in [0.29, 0.717) is 29.2 Å². The average Bonchev–Trinajstić information content (AvgIpc) is 2.76. The van der Waals surface area contributed by atoms with Gasteiger partial charge < -0.3 is 9.84 Å². The lowest BCUT2D eigenvalue weighted by Gasteiger charge is -2.20. The first-order chi connectivity index (χ1) is 9.49. The van der Waals surface area contributed by atoms with Gasteiger partial charge in [-0.3, -0.25) is 9.69 Å². The first kappa shape index (κ1) is 14.6. The van der Waals surface area contributed by atoms with E-state index in [2.05, 4.69) is 18.7 Å². The highest BCUT2D eigenvalue weighted by Crippen LogP contribution is 2.40. The molecule has 0 radical (unpaired) electrons. The number of allylic oxidation sites excluding steroid dienone is 2. The number of carbonyl (C=O) groups excluding carboxylic acids is 1. The summed E-state index contributed by atoms with van der Waals surface area (Å²) < 4.78 is 5.73. The van der Waals surface area contributed by atoms with E-state index >= 15 is 0 Å². The van der Waals surface area contributed by atoms with E-state index in [0.717, 1.165) is 18.7 Å². The molecule has 0 bridgehead atoms. The van der Waals surface area contributed by atoms with Crippen molar-refractivity contribution in [1.82, 2.24) is 4.90 Å². The summed E-state index contributed by atoms with van der Waals surface area (Å²) in [5.74, 6) is 0.976. The number of Topliss-reactive ketones (excluding diaryl/α,β-unsaturated/α-hetero) is 1. The van der Waals surface area contributed by atoms with Crippen LogP contribution in [0.15, 0.2) is 23.5 Å². The predicted octanol–water partition coefficient (Wildman–Crippen LogP) is 3.10. The molecule has 0 aliphatic carbocycles. The Morgan fingerprint density at radius 3 is 2.45 bits per heavy atom. The number of nitrogens with zero attached hydrogens (tertiary/aromatic N) is 1. The van der Waals surface area contributed by atoms with Crippen molar-refractivity contribution in [3.63, 3.8) is 0 Å². The Bertz CT molecular complexity index is 567. The number of ketones is 1. The lowest BCUT2D eigenvalue weighted by atomic mass is 10.0. The van der Waals surface area contributed by atoms with Gasteiger partial charge in [-0.2, -0.15) is 0 Å². The molecular weight excluding hydrogens is 254 g/mol. The fourth-order valence-corrected chi connectivity index (χ4v) is 2.34. The van der Waals surface area contributed by atoms with Crippen LogP contribution >= 0.6 is 0 Å². The lowest BCUT2D eigenvalue weighted by Crippen LogP contribution is -2.22. The van der Waals surface area contributed by atoms with E-state index < -0.39 is 0 Å². The maximum Gasteiger partial charge on any atom is 0.231 e. The van der Waals surface area contributed by atoms with Gasteiger partial charge in [0.15, 0.2) is 5.76 Å². The molecule has 2 rings (SSSR count). The monoisotopic (exact) mass is 275 g/mol. The Balaban J connectivity index is 2.47. The van der Waals surface area contributed by atoms with Gasteiger partial charge in [-0.15, -0.1) is 0 Å². The summed E-state index contributed by atoms with van der Waals surface area (Å²) in [7, 11) is 0. The highest BCUT2D eigenvalue weighted by molar-refractivity contribution is 6.13. The molecule has 20 heavy (non-hydrogen) atoms. The van der Waals surface area contributed by atoms with Crippen LogP contribution < -0.4 is 4.74 Å². The third-order valence-electron chi connectivity index (χ3n) is 3.62. The van der Waals surface area contributed by atoms with Crippen LogP contribution in [0.1, 0.15) is 43.6 Å². The zero-order valence-electron chi connectivity index (χ0n) is 12.5. The van der Waals surface area contributed by atoms with Gasteiger partial charge in [-0.1, -0.05) is 13.8 Å². The number of carbonyl (C=O) groups is 1. The summed E-state index contributed by atoms with van der Waals surface area (Å²) in [6.45, 7) is 10.2. The van der Waals surface area contributed by atoms with Crippen molar-refractivity contribution in [2.75, 3.05) is 13.1 Å². The quantitative estimate of drug-likeness (QED) is 0.858. The Labute approximate surface area is 119 Å². The van der Waals surface area contributed by atoms with E-state index in [1.165, 1.54) is 0 Å². The second-order valence-electron chi connectivity index (χ2n) is 5.16. The zero-order valence-corrected chi connectivity index (χ0v) is 12.5. The Hall–Kier alpha value is -1.81. The fourth-order valence-electron chi connectivity index (χ4n) is 2.34. The molecule has 0 spiro atoms. The van der Waals surface area contributed by atoms with E-state index in [1.807, 2.05) is 13.8 Å².